The number of nitrogens with zero attached hydrogens (tertiary/aromatic N) is 2. The van der Waals surface area contributed by atoms with E-state index >= 15 is 0 Å². The van der Waals surface area contributed by atoms with Crippen molar-refractivity contribution >= 4 is 16.8 Å². The molecule has 25 heavy (non-hydrogen) atoms. The summed E-state index contributed by atoms with van der Waals surface area (Å²) in [5, 5.41) is 10.7. The van der Waals surface area contributed by atoms with Gasteiger partial charge in [-0.1, -0.05) is 31.4 Å². The van der Waals surface area contributed by atoms with Gasteiger partial charge in [-0.25, -0.2) is 0 Å². The first-order valence-electron chi connectivity index (χ1n) is 9.55. The SMILES string of the molecule is Cc1cccc2c1c(CCC(=O)N(CCO)C1CCCCC1)cn2C. The minimum atomic E-state index is 0.0512. The molecule has 136 valence electrons. The molecule has 0 atom stereocenters. The first-order valence-corrected chi connectivity index (χ1v) is 9.55. The predicted octanol–water partition coefficient (Wildman–Crippen LogP) is 3.57. The van der Waals surface area contributed by atoms with Crippen LogP contribution in [0.2, 0.25) is 0 Å². The van der Waals surface area contributed by atoms with Crippen LogP contribution in [0, 0.1) is 6.92 Å². The predicted molar refractivity (Wildman–Crippen MR) is 102 cm³/mol. The van der Waals surface area contributed by atoms with Gasteiger partial charge in [0.15, 0.2) is 0 Å². The van der Waals surface area contributed by atoms with E-state index in [9.17, 15) is 9.90 Å². The molecule has 0 unspecified atom stereocenters. The number of fused-ring (bicyclic) bond motifs is 1. The number of carbonyl (C=O) groups excluding carboxylic acids is 1. The topological polar surface area (TPSA) is 45.5 Å². The highest BCUT2D eigenvalue weighted by Crippen LogP contribution is 2.27. The number of aryl methyl sites for hydroxylation is 3. The molecule has 0 bridgehead atoms. The molecule has 1 aliphatic rings. The van der Waals surface area contributed by atoms with E-state index in [-0.39, 0.29) is 12.5 Å². The van der Waals surface area contributed by atoms with Crippen molar-refractivity contribution in [3.63, 3.8) is 0 Å². The van der Waals surface area contributed by atoms with Crippen molar-refractivity contribution in [1.29, 1.82) is 0 Å². The molecule has 0 saturated heterocycles. The summed E-state index contributed by atoms with van der Waals surface area (Å²) >= 11 is 0. The zero-order chi connectivity index (χ0) is 17.8. The van der Waals surface area contributed by atoms with Crippen molar-refractivity contribution in [2.75, 3.05) is 13.2 Å². The van der Waals surface area contributed by atoms with Gasteiger partial charge in [0.2, 0.25) is 5.91 Å². The summed E-state index contributed by atoms with van der Waals surface area (Å²) in [6, 6.07) is 6.67. The molecule has 1 amide bonds. The maximum absolute atomic E-state index is 12.8. The number of benzene rings is 1. The van der Waals surface area contributed by atoms with E-state index in [1.807, 2.05) is 4.90 Å². The third kappa shape index (κ3) is 3.90. The summed E-state index contributed by atoms with van der Waals surface area (Å²) in [5.74, 6) is 0.187. The number of hydrogen-bond acceptors (Lipinski definition) is 2. The molecule has 1 heterocycles. The first-order chi connectivity index (χ1) is 12.1. The Morgan fingerprint density at radius 3 is 2.76 bits per heavy atom. The molecule has 0 spiro atoms. The van der Waals surface area contributed by atoms with Gasteiger partial charge in [-0.05, 0) is 43.4 Å². The highest BCUT2D eigenvalue weighted by molar-refractivity contribution is 5.88. The normalized spacial score (nSPS) is 15.6. The van der Waals surface area contributed by atoms with Crippen LogP contribution in [0.15, 0.2) is 24.4 Å². The number of hydrogen-bond donors (Lipinski definition) is 1. The van der Waals surface area contributed by atoms with E-state index in [0.717, 1.165) is 19.3 Å². The lowest BCUT2D eigenvalue weighted by molar-refractivity contribution is -0.134. The maximum atomic E-state index is 12.8. The first kappa shape index (κ1) is 18.0. The largest absolute Gasteiger partial charge is 0.395 e. The van der Waals surface area contributed by atoms with Crippen molar-refractivity contribution < 1.29 is 9.90 Å². The summed E-state index contributed by atoms with van der Waals surface area (Å²) in [5.41, 5.74) is 3.73. The van der Waals surface area contributed by atoms with Gasteiger partial charge in [0.05, 0.1) is 6.61 Å². The van der Waals surface area contributed by atoms with Crippen LogP contribution >= 0.6 is 0 Å². The average Bonchev–Trinajstić information content (AvgIpc) is 2.96. The van der Waals surface area contributed by atoms with Gasteiger partial charge in [-0.2, -0.15) is 0 Å². The van der Waals surface area contributed by atoms with E-state index in [1.165, 1.54) is 41.3 Å². The summed E-state index contributed by atoms with van der Waals surface area (Å²) in [6.45, 7) is 2.65. The highest BCUT2D eigenvalue weighted by atomic mass is 16.3. The van der Waals surface area contributed by atoms with Crippen LogP contribution in [0.4, 0.5) is 0 Å². The average molecular weight is 342 g/mol. The quantitative estimate of drug-likeness (QED) is 0.872. The summed E-state index contributed by atoms with van der Waals surface area (Å²) in [4.78, 5) is 14.8. The van der Waals surface area contributed by atoms with E-state index in [1.54, 1.807) is 0 Å². The summed E-state index contributed by atoms with van der Waals surface area (Å²) in [6.07, 6.45) is 9.26. The highest BCUT2D eigenvalue weighted by Gasteiger charge is 2.25. The van der Waals surface area contributed by atoms with Crippen LogP contribution in [0.5, 0.6) is 0 Å². The molecule has 1 aromatic heterocycles. The monoisotopic (exact) mass is 342 g/mol. The van der Waals surface area contributed by atoms with Crippen molar-refractivity contribution in [1.82, 2.24) is 9.47 Å². The van der Waals surface area contributed by atoms with Crippen molar-refractivity contribution in [2.45, 2.75) is 57.9 Å². The number of carbonyl (C=O) groups is 1. The second-order valence-corrected chi connectivity index (χ2v) is 7.34. The zero-order valence-electron chi connectivity index (χ0n) is 15.5. The van der Waals surface area contributed by atoms with Gasteiger partial charge in [-0.3, -0.25) is 4.79 Å². The Labute approximate surface area is 150 Å². The lowest BCUT2D eigenvalue weighted by atomic mass is 9.93. The molecule has 1 N–H and O–H groups in total. The van der Waals surface area contributed by atoms with Gasteiger partial charge in [-0.15, -0.1) is 0 Å². The second kappa shape index (κ2) is 8.05. The minimum absolute atomic E-state index is 0.0512. The molecule has 1 aromatic carbocycles. The third-order valence-corrected chi connectivity index (χ3v) is 5.59. The van der Waals surface area contributed by atoms with Crippen LogP contribution in [-0.4, -0.2) is 39.7 Å². The number of amides is 1. The molecular formula is C21H30N2O2. The van der Waals surface area contributed by atoms with Crippen molar-refractivity contribution in [3.05, 3.63) is 35.5 Å². The smallest absolute Gasteiger partial charge is 0.223 e. The van der Waals surface area contributed by atoms with E-state index in [2.05, 4.69) is 42.9 Å². The minimum Gasteiger partial charge on any atom is -0.395 e. The Kier molecular flexibility index (Phi) is 5.79. The molecule has 1 aliphatic carbocycles. The molecule has 0 aliphatic heterocycles. The second-order valence-electron chi connectivity index (χ2n) is 7.34. The van der Waals surface area contributed by atoms with Gasteiger partial charge in [0, 0.05) is 43.2 Å². The Bertz CT molecular complexity index is 729. The summed E-state index contributed by atoms with van der Waals surface area (Å²) < 4.78 is 2.15. The third-order valence-electron chi connectivity index (χ3n) is 5.59. The van der Waals surface area contributed by atoms with Crippen LogP contribution in [-0.2, 0) is 18.3 Å². The maximum Gasteiger partial charge on any atom is 0.223 e. The molecule has 4 heteroatoms. The molecule has 0 radical (unpaired) electrons. The van der Waals surface area contributed by atoms with E-state index in [4.69, 9.17) is 0 Å². The van der Waals surface area contributed by atoms with Crippen LogP contribution in [0.25, 0.3) is 10.9 Å². The van der Waals surface area contributed by atoms with E-state index in [0.29, 0.717) is 19.0 Å². The Morgan fingerprint density at radius 2 is 2.04 bits per heavy atom. The van der Waals surface area contributed by atoms with Crippen LogP contribution in [0.1, 0.15) is 49.7 Å². The molecule has 1 saturated carbocycles. The summed E-state index contributed by atoms with van der Waals surface area (Å²) in [7, 11) is 2.06. The van der Waals surface area contributed by atoms with Crippen molar-refractivity contribution in [2.24, 2.45) is 7.05 Å². The standard InChI is InChI=1S/C21H30N2O2/c1-16-7-6-10-19-21(16)17(15-22(19)2)11-12-20(25)23(13-14-24)18-8-4-3-5-9-18/h6-7,10,15,18,24H,3-5,8-9,11-14H2,1-2H3. The fourth-order valence-electron chi connectivity index (χ4n) is 4.32. The molecule has 4 nitrogen and oxygen atoms in total. The Hall–Kier alpha value is -1.81. The number of aliphatic hydroxyl groups excluding tert-OH is 1. The fraction of sp³-hybridized carbons (Fsp3) is 0.571. The molecule has 2 aromatic rings. The van der Waals surface area contributed by atoms with Gasteiger partial charge >= 0.3 is 0 Å². The zero-order valence-corrected chi connectivity index (χ0v) is 15.5. The van der Waals surface area contributed by atoms with E-state index < -0.39 is 0 Å². The number of aromatic nitrogens is 1. The van der Waals surface area contributed by atoms with Crippen LogP contribution < -0.4 is 0 Å². The number of aliphatic hydroxyl groups is 1. The lowest BCUT2D eigenvalue weighted by Gasteiger charge is -2.34. The number of rotatable bonds is 6. The Morgan fingerprint density at radius 1 is 1.28 bits per heavy atom. The van der Waals surface area contributed by atoms with Gasteiger partial charge in [0.25, 0.3) is 0 Å². The van der Waals surface area contributed by atoms with Crippen molar-refractivity contribution in [3.8, 4) is 0 Å². The molecule has 3 rings (SSSR count). The molecule has 1 fully saturated rings. The lowest BCUT2D eigenvalue weighted by Crippen LogP contribution is -2.43. The van der Waals surface area contributed by atoms with Crippen LogP contribution in [0.3, 0.4) is 0 Å². The fourth-order valence-corrected chi connectivity index (χ4v) is 4.32. The molecular weight excluding hydrogens is 312 g/mol. The Balaban J connectivity index is 1.72. The van der Waals surface area contributed by atoms with Gasteiger partial charge in [0.1, 0.15) is 0 Å². The van der Waals surface area contributed by atoms with Gasteiger partial charge < -0.3 is 14.6 Å².